The molecule has 1 atom stereocenters. The van der Waals surface area contributed by atoms with E-state index in [0.717, 1.165) is 30.5 Å². The highest BCUT2D eigenvalue weighted by atomic mass is 19.1. The molecule has 0 saturated carbocycles. The Morgan fingerprint density at radius 2 is 2.07 bits per heavy atom. The minimum absolute atomic E-state index is 0.0972. The summed E-state index contributed by atoms with van der Waals surface area (Å²) in [5.74, 6) is -0.0972. The van der Waals surface area contributed by atoms with Gasteiger partial charge in [-0.15, -0.1) is 0 Å². The molecule has 1 N–H and O–H groups in total. The highest BCUT2D eigenvalue weighted by Crippen LogP contribution is 2.22. The molecular formula is C13H20FN. The van der Waals surface area contributed by atoms with Crippen LogP contribution in [0.3, 0.4) is 0 Å². The molecule has 84 valence electrons. The van der Waals surface area contributed by atoms with E-state index in [2.05, 4.69) is 19.2 Å². The number of hydrogen-bond acceptors (Lipinski definition) is 1. The Morgan fingerprint density at radius 3 is 2.67 bits per heavy atom. The standard InChI is InChI=1S/C13H20FN/c1-4-6-13(15-5-2)11-9-10(3)7-8-12(11)14/h7-9,13,15H,4-6H2,1-3H3. The van der Waals surface area contributed by atoms with E-state index in [1.54, 1.807) is 6.07 Å². The van der Waals surface area contributed by atoms with Crippen LogP contribution in [-0.4, -0.2) is 6.54 Å². The maximum Gasteiger partial charge on any atom is 0.127 e. The molecule has 0 fully saturated rings. The fourth-order valence-electron chi connectivity index (χ4n) is 1.83. The SMILES string of the molecule is CCCC(NCC)c1cc(C)ccc1F. The van der Waals surface area contributed by atoms with E-state index >= 15 is 0 Å². The highest BCUT2D eigenvalue weighted by molar-refractivity contribution is 5.26. The molecule has 0 spiro atoms. The van der Waals surface area contributed by atoms with Crippen LogP contribution in [0.2, 0.25) is 0 Å². The number of rotatable bonds is 5. The summed E-state index contributed by atoms with van der Waals surface area (Å²) in [5, 5.41) is 3.33. The van der Waals surface area contributed by atoms with Gasteiger partial charge in [0.25, 0.3) is 0 Å². The van der Waals surface area contributed by atoms with Crippen molar-refractivity contribution in [3.63, 3.8) is 0 Å². The third-order valence-electron chi connectivity index (χ3n) is 2.55. The van der Waals surface area contributed by atoms with Crippen LogP contribution in [-0.2, 0) is 0 Å². The zero-order valence-electron chi connectivity index (χ0n) is 9.81. The largest absolute Gasteiger partial charge is 0.310 e. The van der Waals surface area contributed by atoms with E-state index in [9.17, 15) is 4.39 Å². The number of benzene rings is 1. The fraction of sp³-hybridized carbons (Fsp3) is 0.538. The molecule has 1 aromatic carbocycles. The van der Waals surface area contributed by atoms with E-state index in [0.29, 0.717) is 0 Å². The fourth-order valence-corrected chi connectivity index (χ4v) is 1.83. The van der Waals surface area contributed by atoms with Crippen molar-refractivity contribution >= 4 is 0 Å². The van der Waals surface area contributed by atoms with Crippen molar-refractivity contribution < 1.29 is 4.39 Å². The van der Waals surface area contributed by atoms with Gasteiger partial charge in [-0.25, -0.2) is 4.39 Å². The lowest BCUT2D eigenvalue weighted by molar-refractivity contribution is 0.480. The molecule has 0 aliphatic heterocycles. The second-order valence-electron chi connectivity index (χ2n) is 3.92. The summed E-state index contributed by atoms with van der Waals surface area (Å²) in [7, 11) is 0. The summed E-state index contributed by atoms with van der Waals surface area (Å²) in [6, 6.07) is 5.47. The molecule has 1 unspecified atom stereocenters. The van der Waals surface area contributed by atoms with Crippen LogP contribution in [0.15, 0.2) is 18.2 Å². The smallest absolute Gasteiger partial charge is 0.127 e. The summed E-state index contributed by atoms with van der Waals surface area (Å²) in [4.78, 5) is 0. The number of nitrogens with one attached hydrogen (secondary N) is 1. The minimum Gasteiger partial charge on any atom is -0.310 e. The molecular weight excluding hydrogens is 189 g/mol. The van der Waals surface area contributed by atoms with Crippen LogP contribution in [0.25, 0.3) is 0 Å². The normalized spacial score (nSPS) is 12.8. The van der Waals surface area contributed by atoms with Crippen molar-refractivity contribution in [1.82, 2.24) is 5.32 Å². The van der Waals surface area contributed by atoms with Crippen LogP contribution in [0.1, 0.15) is 43.9 Å². The molecule has 0 amide bonds. The summed E-state index contributed by atoms with van der Waals surface area (Å²) in [5.41, 5.74) is 1.92. The van der Waals surface area contributed by atoms with Gasteiger partial charge in [0.05, 0.1) is 0 Å². The predicted molar refractivity (Wildman–Crippen MR) is 62.5 cm³/mol. The molecule has 1 rings (SSSR count). The van der Waals surface area contributed by atoms with Gasteiger partial charge >= 0.3 is 0 Å². The molecule has 0 aliphatic carbocycles. The lowest BCUT2D eigenvalue weighted by atomic mass is 10.00. The average molecular weight is 209 g/mol. The molecule has 0 radical (unpaired) electrons. The Kier molecular flexibility index (Phi) is 4.76. The first-order valence-corrected chi connectivity index (χ1v) is 5.68. The van der Waals surface area contributed by atoms with E-state index in [1.165, 1.54) is 0 Å². The molecule has 2 heteroatoms. The molecule has 0 heterocycles. The average Bonchev–Trinajstić information content (AvgIpc) is 2.21. The van der Waals surface area contributed by atoms with Gasteiger partial charge in [-0.3, -0.25) is 0 Å². The van der Waals surface area contributed by atoms with Gasteiger partial charge in [0.2, 0.25) is 0 Å². The summed E-state index contributed by atoms with van der Waals surface area (Å²) < 4.78 is 13.6. The van der Waals surface area contributed by atoms with E-state index in [4.69, 9.17) is 0 Å². The Hall–Kier alpha value is -0.890. The zero-order valence-corrected chi connectivity index (χ0v) is 9.81. The van der Waals surface area contributed by atoms with Crippen LogP contribution >= 0.6 is 0 Å². The van der Waals surface area contributed by atoms with E-state index in [1.807, 2.05) is 19.1 Å². The monoisotopic (exact) mass is 209 g/mol. The van der Waals surface area contributed by atoms with Gasteiger partial charge in [0, 0.05) is 11.6 Å². The molecule has 1 nitrogen and oxygen atoms in total. The second kappa shape index (κ2) is 5.86. The Bertz CT molecular complexity index is 303. The first-order chi connectivity index (χ1) is 7.19. The predicted octanol–water partition coefficient (Wildman–Crippen LogP) is 3.58. The van der Waals surface area contributed by atoms with E-state index < -0.39 is 0 Å². The Balaban J connectivity index is 2.93. The maximum atomic E-state index is 13.6. The Labute approximate surface area is 91.7 Å². The van der Waals surface area contributed by atoms with E-state index in [-0.39, 0.29) is 11.9 Å². The van der Waals surface area contributed by atoms with Crippen molar-refractivity contribution in [2.45, 2.75) is 39.7 Å². The first kappa shape index (κ1) is 12.2. The van der Waals surface area contributed by atoms with Crippen LogP contribution in [0.4, 0.5) is 4.39 Å². The Morgan fingerprint density at radius 1 is 1.33 bits per heavy atom. The van der Waals surface area contributed by atoms with Crippen LogP contribution in [0.5, 0.6) is 0 Å². The maximum absolute atomic E-state index is 13.6. The molecule has 0 aromatic heterocycles. The summed E-state index contributed by atoms with van der Waals surface area (Å²) in [6.45, 7) is 7.05. The molecule has 15 heavy (non-hydrogen) atoms. The van der Waals surface area contributed by atoms with Gasteiger partial charge < -0.3 is 5.32 Å². The quantitative estimate of drug-likeness (QED) is 0.781. The molecule has 0 bridgehead atoms. The summed E-state index contributed by atoms with van der Waals surface area (Å²) >= 11 is 0. The van der Waals surface area contributed by atoms with Gasteiger partial charge in [0.15, 0.2) is 0 Å². The molecule has 0 aliphatic rings. The van der Waals surface area contributed by atoms with Crippen molar-refractivity contribution in [3.05, 3.63) is 35.1 Å². The van der Waals surface area contributed by atoms with Crippen molar-refractivity contribution in [2.24, 2.45) is 0 Å². The highest BCUT2D eigenvalue weighted by Gasteiger charge is 2.13. The van der Waals surface area contributed by atoms with Gasteiger partial charge in [-0.1, -0.05) is 38.0 Å². The third kappa shape index (κ3) is 3.31. The molecule has 0 saturated heterocycles. The van der Waals surface area contributed by atoms with Gasteiger partial charge in [0.1, 0.15) is 5.82 Å². The van der Waals surface area contributed by atoms with Crippen molar-refractivity contribution in [2.75, 3.05) is 6.54 Å². The van der Waals surface area contributed by atoms with Crippen LogP contribution in [0, 0.1) is 12.7 Å². The second-order valence-corrected chi connectivity index (χ2v) is 3.92. The lowest BCUT2D eigenvalue weighted by Crippen LogP contribution is -2.21. The topological polar surface area (TPSA) is 12.0 Å². The van der Waals surface area contributed by atoms with Gasteiger partial charge in [-0.05, 0) is 26.0 Å². The third-order valence-corrected chi connectivity index (χ3v) is 2.55. The first-order valence-electron chi connectivity index (χ1n) is 5.68. The van der Waals surface area contributed by atoms with Crippen molar-refractivity contribution in [3.8, 4) is 0 Å². The number of halogens is 1. The molecule has 1 aromatic rings. The zero-order chi connectivity index (χ0) is 11.3. The number of hydrogen-bond donors (Lipinski definition) is 1. The lowest BCUT2D eigenvalue weighted by Gasteiger charge is -2.18. The summed E-state index contributed by atoms with van der Waals surface area (Å²) in [6.07, 6.45) is 2.04. The van der Waals surface area contributed by atoms with Crippen molar-refractivity contribution in [1.29, 1.82) is 0 Å². The number of aryl methyl sites for hydroxylation is 1. The minimum atomic E-state index is -0.0972. The van der Waals surface area contributed by atoms with Gasteiger partial charge in [-0.2, -0.15) is 0 Å². The van der Waals surface area contributed by atoms with Crippen LogP contribution < -0.4 is 5.32 Å².